The molecule has 85 valence electrons. The van der Waals surface area contributed by atoms with Crippen LogP contribution < -0.4 is 5.32 Å². The molecule has 1 N–H and O–H groups in total. The third kappa shape index (κ3) is 2.33. The van der Waals surface area contributed by atoms with Crippen molar-refractivity contribution in [1.29, 1.82) is 0 Å². The number of hydrogen-bond acceptors (Lipinski definition) is 2. The van der Waals surface area contributed by atoms with Gasteiger partial charge in [0.1, 0.15) is 0 Å². The molecule has 17 heavy (non-hydrogen) atoms. The normalized spacial score (nSPS) is 12.1. The Kier molecular flexibility index (Phi) is 3.19. The molecule has 3 heteroatoms. The number of ketones is 1. The Morgan fingerprint density at radius 3 is 2.59 bits per heavy atom. The third-order valence-electron chi connectivity index (χ3n) is 2.70. The highest BCUT2D eigenvalue weighted by Crippen LogP contribution is 2.16. The van der Waals surface area contributed by atoms with Crippen molar-refractivity contribution in [2.45, 2.75) is 13.0 Å². The molecule has 0 aliphatic rings. The molecule has 2 aromatic rings. The minimum Gasteiger partial charge on any atom is -0.338 e. The number of amides is 1. The number of nitrogens with one attached hydrogen (secondary N) is 1. The maximum absolute atomic E-state index is 11.9. The first-order chi connectivity index (χ1) is 8.22. The summed E-state index contributed by atoms with van der Waals surface area (Å²) in [6.45, 7) is 1.64. The molecular weight excluding hydrogens is 214 g/mol. The highest BCUT2D eigenvalue weighted by atomic mass is 16.1. The molecule has 0 fully saturated rings. The lowest BCUT2D eigenvalue weighted by Gasteiger charge is -2.09. The molecule has 1 amide bonds. The molecule has 0 bridgehead atoms. The number of carbonyl (C=O) groups is 1. The molecule has 2 rings (SSSR count). The van der Waals surface area contributed by atoms with Crippen molar-refractivity contribution in [3.8, 4) is 0 Å². The molecule has 0 aromatic heterocycles. The van der Waals surface area contributed by atoms with Crippen LogP contribution in [0, 0.1) is 0 Å². The van der Waals surface area contributed by atoms with Crippen molar-refractivity contribution in [1.82, 2.24) is 5.32 Å². The van der Waals surface area contributed by atoms with Crippen LogP contribution in [0.1, 0.15) is 17.3 Å². The summed E-state index contributed by atoms with van der Waals surface area (Å²) < 4.78 is 0. The summed E-state index contributed by atoms with van der Waals surface area (Å²) in [5, 5.41) is 4.44. The van der Waals surface area contributed by atoms with Gasteiger partial charge in [-0.15, -0.1) is 0 Å². The topological polar surface area (TPSA) is 46.2 Å². The van der Waals surface area contributed by atoms with Crippen molar-refractivity contribution >= 4 is 23.0 Å². The Hall–Kier alpha value is -2.16. The summed E-state index contributed by atoms with van der Waals surface area (Å²) in [7, 11) is 0. The van der Waals surface area contributed by atoms with E-state index in [9.17, 15) is 9.59 Å². The van der Waals surface area contributed by atoms with Crippen LogP contribution >= 0.6 is 0 Å². The van der Waals surface area contributed by atoms with E-state index in [0.29, 0.717) is 5.56 Å². The van der Waals surface area contributed by atoms with Gasteiger partial charge in [0.2, 0.25) is 0 Å². The zero-order valence-electron chi connectivity index (χ0n) is 9.44. The van der Waals surface area contributed by atoms with Gasteiger partial charge in [0.25, 0.3) is 0 Å². The molecule has 2 aromatic carbocycles. The second kappa shape index (κ2) is 4.78. The Balaban J connectivity index is 2.36. The Morgan fingerprint density at radius 2 is 1.88 bits per heavy atom. The zero-order chi connectivity index (χ0) is 12.3. The smallest absolute Gasteiger partial charge is 0.309 e. The van der Waals surface area contributed by atoms with E-state index in [1.54, 1.807) is 13.0 Å². The van der Waals surface area contributed by atoms with Gasteiger partial charge in [-0.25, -0.2) is 0 Å². The maximum Gasteiger partial charge on any atom is 0.309 e. The van der Waals surface area contributed by atoms with Crippen molar-refractivity contribution in [2.24, 2.45) is 0 Å². The molecule has 3 nitrogen and oxygen atoms in total. The summed E-state index contributed by atoms with van der Waals surface area (Å²) >= 11 is 0. The number of carbonyl (C=O) groups excluding carboxylic acids is 2. The molecule has 1 unspecified atom stereocenters. The Labute approximate surface area is 99.4 Å². The lowest BCUT2D eigenvalue weighted by Crippen LogP contribution is -2.32. The quantitative estimate of drug-likeness (QED) is 0.640. The molecule has 0 saturated carbocycles. The average molecular weight is 226 g/mol. The summed E-state index contributed by atoms with van der Waals surface area (Å²) in [5.41, 5.74) is 0.596. The minimum absolute atomic E-state index is 0.112. The van der Waals surface area contributed by atoms with Crippen LogP contribution in [0.4, 0.5) is 0 Å². The van der Waals surface area contributed by atoms with Gasteiger partial charge in [0, 0.05) is 5.56 Å². The van der Waals surface area contributed by atoms with E-state index in [0.717, 1.165) is 10.8 Å². The number of rotatable bonds is 4. The molecule has 0 saturated heterocycles. The molecule has 0 spiro atoms. The van der Waals surface area contributed by atoms with Crippen LogP contribution in [-0.2, 0) is 4.79 Å². The van der Waals surface area contributed by atoms with Crippen LogP contribution in [0.5, 0.6) is 0 Å². The van der Waals surface area contributed by atoms with E-state index < -0.39 is 6.04 Å². The third-order valence-corrected chi connectivity index (χ3v) is 2.70. The SMILES string of the molecule is CC(N[C]=O)C(=O)c1ccc2ccccc2c1. The van der Waals surface area contributed by atoms with Crippen LogP contribution in [0.25, 0.3) is 10.8 Å². The first-order valence-electron chi connectivity index (χ1n) is 5.38. The Morgan fingerprint density at radius 1 is 1.18 bits per heavy atom. The van der Waals surface area contributed by atoms with Gasteiger partial charge in [-0.2, -0.15) is 0 Å². The van der Waals surface area contributed by atoms with Crippen molar-refractivity contribution < 1.29 is 9.59 Å². The average Bonchev–Trinajstić information content (AvgIpc) is 2.37. The summed E-state index contributed by atoms with van der Waals surface area (Å²) in [6.07, 6.45) is 1.53. The van der Waals surface area contributed by atoms with Crippen LogP contribution in [-0.4, -0.2) is 18.2 Å². The second-order valence-electron chi connectivity index (χ2n) is 3.89. The van der Waals surface area contributed by atoms with Gasteiger partial charge in [-0.3, -0.25) is 9.59 Å². The number of benzene rings is 2. The van der Waals surface area contributed by atoms with Crippen molar-refractivity contribution in [2.75, 3.05) is 0 Å². The maximum atomic E-state index is 11.9. The lowest BCUT2D eigenvalue weighted by atomic mass is 10.0. The first kappa shape index (κ1) is 11.3. The van der Waals surface area contributed by atoms with Crippen LogP contribution in [0.3, 0.4) is 0 Å². The van der Waals surface area contributed by atoms with E-state index in [-0.39, 0.29) is 5.78 Å². The fourth-order valence-electron chi connectivity index (χ4n) is 1.75. The summed E-state index contributed by atoms with van der Waals surface area (Å²) in [5.74, 6) is -0.112. The van der Waals surface area contributed by atoms with Crippen molar-refractivity contribution in [3.63, 3.8) is 0 Å². The van der Waals surface area contributed by atoms with Gasteiger partial charge in [0.05, 0.1) is 6.04 Å². The highest BCUT2D eigenvalue weighted by molar-refractivity contribution is 6.03. The molecule has 0 aliphatic heterocycles. The van der Waals surface area contributed by atoms with Gasteiger partial charge < -0.3 is 5.32 Å². The minimum atomic E-state index is -0.548. The fraction of sp³-hybridized carbons (Fsp3) is 0.143. The highest BCUT2D eigenvalue weighted by Gasteiger charge is 2.14. The Bertz CT molecular complexity index is 563. The largest absolute Gasteiger partial charge is 0.338 e. The van der Waals surface area contributed by atoms with E-state index in [4.69, 9.17) is 0 Å². The second-order valence-corrected chi connectivity index (χ2v) is 3.89. The fourth-order valence-corrected chi connectivity index (χ4v) is 1.75. The molecule has 1 radical (unpaired) electrons. The molecule has 0 aliphatic carbocycles. The summed E-state index contributed by atoms with van der Waals surface area (Å²) in [4.78, 5) is 22.1. The van der Waals surface area contributed by atoms with Crippen molar-refractivity contribution in [3.05, 3.63) is 48.0 Å². The zero-order valence-corrected chi connectivity index (χ0v) is 9.44. The van der Waals surface area contributed by atoms with E-state index in [1.165, 1.54) is 6.41 Å². The standard InChI is InChI=1S/C14H12NO2/c1-10(15-9-16)14(17)13-7-6-11-4-2-3-5-12(11)8-13/h2-8,10H,1H3,(H,15,16). The first-order valence-corrected chi connectivity index (χ1v) is 5.38. The van der Waals surface area contributed by atoms with Crippen LogP contribution in [0.2, 0.25) is 0 Å². The van der Waals surface area contributed by atoms with Crippen LogP contribution in [0.15, 0.2) is 42.5 Å². The van der Waals surface area contributed by atoms with E-state index in [2.05, 4.69) is 5.32 Å². The van der Waals surface area contributed by atoms with Gasteiger partial charge >= 0.3 is 6.41 Å². The monoisotopic (exact) mass is 226 g/mol. The predicted octanol–water partition coefficient (Wildman–Crippen LogP) is 2.07. The lowest BCUT2D eigenvalue weighted by molar-refractivity contribution is 0.0959. The van der Waals surface area contributed by atoms with Gasteiger partial charge in [0.15, 0.2) is 5.78 Å². The van der Waals surface area contributed by atoms with E-state index >= 15 is 0 Å². The molecular formula is C14H12NO2. The predicted molar refractivity (Wildman–Crippen MR) is 66.6 cm³/mol. The number of fused-ring (bicyclic) bond motifs is 1. The van der Waals surface area contributed by atoms with Gasteiger partial charge in [-0.05, 0) is 23.8 Å². The van der Waals surface area contributed by atoms with Gasteiger partial charge in [-0.1, -0.05) is 36.4 Å². The molecule has 1 atom stereocenters. The molecule has 0 heterocycles. The summed E-state index contributed by atoms with van der Waals surface area (Å²) in [6, 6.07) is 12.8. The number of Topliss-reactive ketones (excluding diaryl/α,β-unsaturated/α-hetero) is 1. The van der Waals surface area contributed by atoms with E-state index in [1.807, 2.05) is 36.4 Å². The number of hydrogen-bond donors (Lipinski definition) is 1.